The van der Waals surface area contributed by atoms with Crippen molar-refractivity contribution >= 4 is 17.7 Å². The van der Waals surface area contributed by atoms with Crippen molar-refractivity contribution in [2.45, 2.75) is 32.7 Å². The number of hydrogen-bond donors (Lipinski definition) is 1. The summed E-state index contributed by atoms with van der Waals surface area (Å²) >= 11 is 1.74. The van der Waals surface area contributed by atoms with Gasteiger partial charge in [0.2, 0.25) is 5.91 Å². The number of amides is 1. The van der Waals surface area contributed by atoms with Gasteiger partial charge >= 0.3 is 0 Å². The molecule has 1 atom stereocenters. The molecule has 5 heteroatoms. The molecule has 1 rings (SSSR count). The fraction of sp³-hybridized carbons (Fsp3) is 0.889. The molecule has 0 aromatic rings. The lowest BCUT2D eigenvalue weighted by Crippen LogP contribution is -2.46. The minimum absolute atomic E-state index is 0.0746. The summed E-state index contributed by atoms with van der Waals surface area (Å²) in [6.07, 6.45) is -1.73. The minimum atomic E-state index is -2.61. The van der Waals surface area contributed by atoms with Gasteiger partial charge in [0, 0.05) is 11.8 Å². The van der Waals surface area contributed by atoms with Crippen molar-refractivity contribution in [1.29, 1.82) is 0 Å². The first-order valence-electron chi connectivity index (χ1n) is 4.61. The summed E-state index contributed by atoms with van der Waals surface area (Å²) < 4.78 is 24.9. The summed E-state index contributed by atoms with van der Waals surface area (Å²) in [7, 11) is 0. The van der Waals surface area contributed by atoms with Gasteiger partial charge in [0.15, 0.2) is 0 Å². The third-order valence-corrected chi connectivity index (χ3v) is 3.56. The quantitative estimate of drug-likeness (QED) is 0.791. The van der Waals surface area contributed by atoms with E-state index in [2.05, 4.69) is 5.32 Å². The van der Waals surface area contributed by atoms with E-state index in [0.717, 1.165) is 17.9 Å². The van der Waals surface area contributed by atoms with Crippen LogP contribution in [-0.2, 0) is 4.79 Å². The fourth-order valence-electron chi connectivity index (χ4n) is 1.12. The van der Waals surface area contributed by atoms with E-state index in [1.54, 1.807) is 11.8 Å². The van der Waals surface area contributed by atoms with Crippen molar-refractivity contribution in [1.82, 2.24) is 5.32 Å². The van der Waals surface area contributed by atoms with Crippen molar-refractivity contribution < 1.29 is 13.6 Å². The highest BCUT2D eigenvalue weighted by atomic mass is 32.2. The molecule has 0 aliphatic carbocycles. The Morgan fingerprint density at radius 3 is 2.64 bits per heavy atom. The van der Waals surface area contributed by atoms with Crippen LogP contribution >= 0.6 is 11.8 Å². The molecule has 1 heterocycles. The zero-order valence-electron chi connectivity index (χ0n) is 8.35. The van der Waals surface area contributed by atoms with E-state index in [1.165, 1.54) is 13.8 Å². The van der Waals surface area contributed by atoms with Crippen LogP contribution in [0, 0.1) is 5.41 Å². The molecule has 0 aromatic heterocycles. The number of thioether (sulfide) groups is 1. The van der Waals surface area contributed by atoms with Crippen LogP contribution < -0.4 is 5.32 Å². The second kappa shape index (κ2) is 4.47. The number of carbonyl (C=O) groups is 1. The molecular weight excluding hydrogens is 208 g/mol. The predicted molar refractivity (Wildman–Crippen MR) is 53.7 cm³/mol. The highest BCUT2D eigenvalue weighted by Crippen LogP contribution is 2.26. The van der Waals surface area contributed by atoms with Crippen LogP contribution in [0.5, 0.6) is 0 Å². The molecule has 1 fully saturated rings. The number of alkyl halides is 2. The SMILES string of the molecule is CC(C)(C(=O)N[C@@H]1CCSC1)C(F)F. The van der Waals surface area contributed by atoms with Gasteiger partial charge in [-0.2, -0.15) is 11.8 Å². The lowest BCUT2D eigenvalue weighted by molar-refractivity contribution is -0.138. The standard InChI is InChI=1S/C9H15F2NOS/c1-9(2,7(10)11)8(13)12-6-3-4-14-5-6/h6-7H,3-5H2,1-2H3,(H,12,13)/t6-/m1/s1. The molecule has 82 valence electrons. The Labute approximate surface area is 86.8 Å². The van der Waals surface area contributed by atoms with Crippen molar-refractivity contribution in [2.24, 2.45) is 5.41 Å². The van der Waals surface area contributed by atoms with Gasteiger partial charge in [-0.25, -0.2) is 8.78 Å². The smallest absolute Gasteiger partial charge is 0.252 e. The van der Waals surface area contributed by atoms with Crippen molar-refractivity contribution in [2.75, 3.05) is 11.5 Å². The lowest BCUT2D eigenvalue weighted by atomic mass is 9.92. The normalized spacial score (nSPS) is 22.8. The van der Waals surface area contributed by atoms with E-state index in [9.17, 15) is 13.6 Å². The first-order chi connectivity index (χ1) is 6.44. The number of halogens is 2. The van der Waals surface area contributed by atoms with Gasteiger partial charge in [-0.05, 0) is 26.0 Å². The Kier molecular flexibility index (Phi) is 3.75. The van der Waals surface area contributed by atoms with Crippen LogP contribution in [0.15, 0.2) is 0 Å². The maximum atomic E-state index is 12.5. The molecule has 1 saturated heterocycles. The topological polar surface area (TPSA) is 29.1 Å². The molecule has 2 nitrogen and oxygen atoms in total. The Hall–Kier alpha value is -0.320. The summed E-state index contributed by atoms with van der Waals surface area (Å²) in [6, 6.07) is 0.0746. The molecule has 0 unspecified atom stereocenters. The summed E-state index contributed by atoms with van der Waals surface area (Å²) in [6.45, 7) is 2.55. The van der Waals surface area contributed by atoms with Gasteiger partial charge < -0.3 is 5.32 Å². The summed E-state index contributed by atoms with van der Waals surface area (Å²) in [4.78, 5) is 11.5. The van der Waals surface area contributed by atoms with E-state index >= 15 is 0 Å². The van der Waals surface area contributed by atoms with Crippen molar-refractivity contribution in [3.8, 4) is 0 Å². The zero-order valence-corrected chi connectivity index (χ0v) is 9.16. The van der Waals surface area contributed by atoms with Gasteiger partial charge in [-0.3, -0.25) is 4.79 Å². The average molecular weight is 223 g/mol. The van der Waals surface area contributed by atoms with Gasteiger partial charge in [0.05, 0.1) is 0 Å². The highest BCUT2D eigenvalue weighted by Gasteiger charge is 2.38. The predicted octanol–water partition coefficient (Wildman–Crippen LogP) is 1.90. The lowest BCUT2D eigenvalue weighted by Gasteiger charge is -2.24. The van der Waals surface area contributed by atoms with Crippen LogP contribution in [0.1, 0.15) is 20.3 Å². The molecule has 1 aliphatic heterocycles. The Balaban J connectivity index is 2.48. The molecule has 0 spiro atoms. The molecule has 0 bridgehead atoms. The van der Waals surface area contributed by atoms with E-state index in [0.29, 0.717) is 0 Å². The molecule has 1 N–H and O–H groups in total. The molecule has 14 heavy (non-hydrogen) atoms. The Morgan fingerprint density at radius 1 is 1.57 bits per heavy atom. The molecule has 0 saturated carbocycles. The third kappa shape index (κ3) is 2.59. The maximum Gasteiger partial charge on any atom is 0.252 e. The first kappa shape index (κ1) is 11.8. The van der Waals surface area contributed by atoms with E-state index in [-0.39, 0.29) is 6.04 Å². The van der Waals surface area contributed by atoms with E-state index in [1.807, 2.05) is 0 Å². The Bertz CT molecular complexity index is 215. The van der Waals surface area contributed by atoms with E-state index < -0.39 is 17.7 Å². The average Bonchev–Trinajstić information content (AvgIpc) is 2.56. The minimum Gasteiger partial charge on any atom is -0.352 e. The molecule has 1 aliphatic rings. The summed E-state index contributed by atoms with van der Waals surface area (Å²) in [5.41, 5.74) is -1.58. The fourth-order valence-corrected chi connectivity index (χ4v) is 2.27. The first-order valence-corrected chi connectivity index (χ1v) is 5.77. The Morgan fingerprint density at radius 2 is 2.21 bits per heavy atom. The molecule has 0 aromatic carbocycles. The van der Waals surface area contributed by atoms with E-state index in [4.69, 9.17) is 0 Å². The second-order valence-electron chi connectivity index (χ2n) is 4.06. The summed E-state index contributed by atoms with van der Waals surface area (Å²) in [5.74, 6) is 1.30. The molecule has 1 amide bonds. The number of rotatable bonds is 3. The number of nitrogens with one attached hydrogen (secondary N) is 1. The van der Waals surface area contributed by atoms with Gasteiger partial charge in [0.25, 0.3) is 6.43 Å². The zero-order chi connectivity index (χ0) is 10.8. The van der Waals surface area contributed by atoms with Crippen LogP contribution in [0.2, 0.25) is 0 Å². The number of carbonyl (C=O) groups excluding carboxylic acids is 1. The summed E-state index contributed by atoms with van der Waals surface area (Å²) in [5, 5.41) is 2.66. The largest absolute Gasteiger partial charge is 0.352 e. The second-order valence-corrected chi connectivity index (χ2v) is 5.21. The van der Waals surface area contributed by atoms with Crippen LogP contribution in [0.4, 0.5) is 8.78 Å². The van der Waals surface area contributed by atoms with Gasteiger partial charge in [-0.15, -0.1) is 0 Å². The van der Waals surface area contributed by atoms with Crippen LogP contribution in [-0.4, -0.2) is 29.9 Å². The van der Waals surface area contributed by atoms with Gasteiger partial charge in [0.1, 0.15) is 5.41 Å². The van der Waals surface area contributed by atoms with Gasteiger partial charge in [-0.1, -0.05) is 0 Å². The highest BCUT2D eigenvalue weighted by molar-refractivity contribution is 7.99. The molecule has 0 radical (unpaired) electrons. The van der Waals surface area contributed by atoms with Crippen molar-refractivity contribution in [3.63, 3.8) is 0 Å². The monoisotopic (exact) mass is 223 g/mol. The van der Waals surface area contributed by atoms with Crippen LogP contribution in [0.3, 0.4) is 0 Å². The van der Waals surface area contributed by atoms with Crippen LogP contribution in [0.25, 0.3) is 0 Å². The number of hydrogen-bond acceptors (Lipinski definition) is 2. The van der Waals surface area contributed by atoms with Crippen molar-refractivity contribution in [3.05, 3.63) is 0 Å². The third-order valence-electron chi connectivity index (χ3n) is 2.40. The molecular formula is C9H15F2NOS. The maximum absolute atomic E-state index is 12.5.